The van der Waals surface area contributed by atoms with Crippen molar-refractivity contribution in [2.45, 2.75) is 51.9 Å². The summed E-state index contributed by atoms with van der Waals surface area (Å²) >= 11 is 1.36. The summed E-state index contributed by atoms with van der Waals surface area (Å²) in [5.74, 6) is 0.299. The molecule has 1 unspecified atom stereocenters. The fraction of sp³-hybridized carbons (Fsp3) is 0.485. The van der Waals surface area contributed by atoms with Crippen molar-refractivity contribution in [1.82, 2.24) is 50.5 Å². The number of aromatic amines is 1. The molecule has 4 N–H and O–H groups in total. The maximum Gasteiger partial charge on any atom is 0.267 e. The highest BCUT2D eigenvalue weighted by Crippen LogP contribution is 2.28. The van der Waals surface area contributed by atoms with Crippen molar-refractivity contribution < 1.29 is 14.4 Å². The Hall–Kier alpha value is -5.03. The Kier molecular flexibility index (Phi) is 11.7. The largest absolute Gasteiger partial charge is 0.356 e. The summed E-state index contributed by atoms with van der Waals surface area (Å²) in [5, 5.41) is 25.0. The number of fused-ring (bicyclic) bond motifs is 1. The molecule has 4 aromatic rings. The van der Waals surface area contributed by atoms with Crippen LogP contribution in [0.3, 0.4) is 0 Å². The molecule has 17 heteroatoms. The highest BCUT2D eigenvalue weighted by atomic mass is 32.1. The second kappa shape index (κ2) is 16.1. The van der Waals surface area contributed by atoms with Gasteiger partial charge in [0.1, 0.15) is 11.5 Å². The van der Waals surface area contributed by atoms with Gasteiger partial charge in [0, 0.05) is 55.2 Å². The second-order valence-electron chi connectivity index (χ2n) is 13.6. The van der Waals surface area contributed by atoms with E-state index in [-0.39, 0.29) is 34.6 Å². The molecule has 3 amide bonds. The molecule has 0 spiro atoms. The first-order chi connectivity index (χ1) is 23.9. The Morgan fingerprint density at radius 3 is 2.60 bits per heavy atom. The van der Waals surface area contributed by atoms with Crippen LogP contribution in [0.4, 0.5) is 10.9 Å². The van der Waals surface area contributed by atoms with Gasteiger partial charge in [-0.2, -0.15) is 5.21 Å². The maximum absolute atomic E-state index is 13.9. The molecule has 1 atom stereocenters. The third-order valence-corrected chi connectivity index (χ3v) is 8.87. The lowest BCUT2D eigenvalue weighted by molar-refractivity contribution is -0.122. The number of likely N-dealkylation sites (N-methyl/N-ethyl adjacent to an activating group) is 1. The monoisotopic (exact) mass is 704 g/mol. The topological polar surface area (TPSA) is 196 Å². The van der Waals surface area contributed by atoms with Gasteiger partial charge in [-0.3, -0.25) is 28.9 Å². The second-order valence-corrected chi connectivity index (χ2v) is 14.5. The van der Waals surface area contributed by atoms with E-state index in [0.717, 1.165) is 18.5 Å². The van der Waals surface area contributed by atoms with Crippen LogP contribution in [0.1, 0.15) is 73.9 Å². The smallest absolute Gasteiger partial charge is 0.267 e. The third kappa shape index (κ3) is 9.56. The Bertz CT molecular complexity index is 1890. The Morgan fingerprint density at radius 2 is 1.90 bits per heavy atom. The SMILES string of the molecule is CN(C)CC(=O)NCCCNC(=O)CC1CCCN(c2nc3cc(C(=O)Nc4nc(C(C)(C)C)cs4)ccn3c(=O)c2C=Cc2nn[nH]n2)C1. The first kappa shape index (κ1) is 36.3. The lowest BCUT2D eigenvalue weighted by Crippen LogP contribution is -2.40. The zero-order chi connectivity index (χ0) is 35.8. The predicted molar refractivity (Wildman–Crippen MR) is 192 cm³/mol. The van der Waals surface area contributed by atoms with Crippen LogP contribution in [-0.4, -0.2) is 104 Å². The van der Waals surface area contributed by atoms with Crippen molar-refractivity contribution >= 4 is 57.8 Å². The number of H-pyrrole nitrogens is 1. The van der Waals surface area contributed by atoms with E-state index in [0.29, 0.717) is 79.1 Å². The summed E-state index contributed by atoms with van der Waals surface area (Å²) in [7, 11) is 3.66. The van der Waals surface area contributed by atoms with Crippen LogP contribution in [0.2, 0.25) is 0 Å². The first-order valence-corrected chi connectivity index (χ1v) is 17.4. The molecule has 16 nitrogen and oxygen atoms in total. The lowest BCUT2D eigenvalue weighted by atomic mass is 9.93. The number of thiazole rings is 1. The lowest BCUT2D eigenvalue weighted by Gasteiger charge is -2.34. The van der Waals surface area contributed by atoms with E-state index >= 15 is 0 Å². The molecule has 0 radical (unpaired) electrons. The highest BCUT2D eigenvalue weighted by Gasteiger charge is 2.26. The van der Waals surface area contributed by atoms with E-state index < -0.39 is 0 Å². The molecule has 0 bridgehead atoms. The molecular formula is C33H44N12O4S. The van der Waals surface area contributed by atoms with Gasteiger partial charge in [-0.15, -0.1) is 21.5 Å². The first-order valence-electron chi connectivity index (χ1n) is 16.6. The molecule has 1 aliphatic heterocycles. The van der Waals surface area contributed by atoms with Crippen LogP contribution >= 0.6 is 11.3 Å². The van der Waals surface area contributed by atoms with Crippen LogP contribution in [0, 0.1) is 5.92 Å². The molecule has 266 valence electrons. The number of carbonyl (C=O) groups excluding carboxylic acids is 3. The van der Waals surface area contributed by atoms with Gasteiger partial charge in [-0.05, 0) is 68.8 Å². The number of aromatic nitrogens is 7. The number of nitrogens with one attached hydrogen (secondary N) is 4. The fourth-order valence-corrected chi connectivity index (χ4v) is 6.49. The Labute approximate surface area is 293 Å². The van der Waals surface area contributed by atoms with Crippen molar-refractivity contribution in [3.8, 4) is 0 Å². The Balaban J connectivity index is 1.32. The number of carbonyl (C=O) groups is 3. The van der Waals surface area contributed by atoms with E-state index in [4.69, 9.17) is 4.98 Å². The molecule has 0 aromatic carbocycles. The average Bonchev–Trinajstić information content (AvgIpc) is 3.76. The van der Waals surface area contributed by atoms with Crippen LogP contribution in [0.5, 0.6) is 0 Å². The van der Waals surface area contributed by atoms with E-state index in [1.165, 1.54) is 21.9 Å². The number of nitrogens with zero attached hydrogens (tertiary/aromatic N) is 8. The molecule has 50 heavy (non-hydrogen) atoms. The van der Waals surface area contributed by atoms with Crippen molar-refractivity contribution in [1.29, 1.82) is 0 Å². The summed E-state index contributed by atoms with van der Waals surface area (Å²) in [6, 6.07) is 3.16. The number of hydrogen-bond donors (Lipinski definition) is 4. The number of tetrazole rings is 1. The van der Waals surface area contributed by atoms with E-state index in [2.05, 4.69) is 62.3 Å². The third-order valence-electron chi connectivity index (χ3n) is 8.11. The summed E-state index contributed by atoms with van der Waals surface area (Å²) < 4.78 is 1.40. The minimum Gasteiger partial charge on any atom is -0.356 e. The van der Waals surface area contributed by atoms with Crippen molar-refractivity contribution in [2.24, 2.45) is 5.92 Å². The number of pyridine rings is 1. The van der Waals surface area contributed by atoms with E-state index in [1.54, 1.807) is 29.2 Å². The summed E-state index contributed by atoms with van der Waals surface area (Å²) in [6.07, 6.45) is 7.34. The van der Waals surface area contributed by atoms with E-state index in [9.17, 15) is 19.2 Å². The van der Waals surface area contributed by atoms with Gasteiger partial charge >= 0.3 is 0 Å². The molecule has 5 heterocycles. The van der Waals surface area contributed by atoms with Crippen molar-refractivity contribution in [3.63, 3.8) is 0 Å². The summed E-state index contributed by atoms with van der Waals surface area (Å²) in [6.45, 7) is 8.59. The molecule has 4 aromatic heterocycles. The average molecular weight is 705 g/mol. The van der Waals surface area contributed by atoms with Gasteiger partial charge in [-0.1, -0.05) is 20.8 Å². The zero-order valence-corrected chi connectivity index (χ0v) is 29.8. The van der Waals surface area contributed by atoms with Gasteiger partial charge in [0.15, 0.2) is 11.0 Å². The quantitative estimate of drug-likeness (QED) is 0.149. The molecular weight excluding hydrogens is 661 g/mol. The molecule has 0 saturated carbocycles. The summed E-state index contributed by atoms with van der Waals surface area (Å²) in [4.78, 5) is 65.1. The van der Waals surface area contributed by atoms with Crippen LogP contribution in [0.15, 0.2) is 28.5 Å². The molecule has 5 rings (SSSR count). The maximum atomic E-state index is 13.9. The Morgan fingerprint density at radius 1 is 1.12 bits per heavy atom. The predicted octanol–water partition coefficient (Wildman–Crippen LogP) is 2.17. The number of amides is 3. The highest BCUT2D eigenvalue weighted by molar-refractivity contribution is 7.14. The van der Waals surface area contributed by atoms with Gasteiger partial charge in [0.05, 0.1) is 17.8 Å². The summed E-state index contributed by atoms with van der Waals surface area (Å²) in [5.41, 5.74) is 1.36. The van der Waals surface area contributed by atoms with Crippen molar-refractivity contribution in [2.75, 3.05) is 57.0 Å². The number of piperidine rings is 1. The number of hydrogen-bond acceptors (Lipinski definition) is 12. The van der Waals surface area contributed by atoms with Crippen LogP contribution in [-0.2, 0) is 15.0 Å². The zero-order valence-electron chi connectivity index (χ0n) is 29.0. The molecule has 1 aliphatic rings. The van der Waals surface area contributed by atoms with Gasteiger partial charge in [-0.25, -0.2) is 9.97 Å². The van der Waals surface area contributed by atoms with Crippen LogP contribution < -0.4 is 26.4 Å². The number of anilines is 2. The van der Waals surface area contributed by atoms with Crippen LogP contribution in [0.25, 0.3) is 17.8 Å². The van der Waals surface area contributed by atoms with Gasteiger partial charge in [0.2, 0.25) is 11.8 Å². The normalized spacial score (nSPS) is 15.2. The standard InChI is InChI=1S/C33H44N12O4S/c1-33(2,3)24-20-50-32(36-24)38-30(48)22-11-15-45-26(17-22)37-29(23(31(45)49)9-10-25-39-41-42-40-25)44-14-6-8-21(18-44)16-27(46)34-12-7-13-35-28(47)19-43(4)5/h9-11,15,17,20-21H,6-8,12-14,16,18-19H2,1-5H3,(H,34,46)(H,35,47)(H,36,38,48)(H,39,40,41,42). The molecule has 1 saturated heterocycles. The minimum atomic E-state index is -0.362. The van der Waals surface area contributed by atoms with Gasteiger partial charge < -0.3 is 20.4 Å². The van der Waals surface area contributed by atoms with Crippen molar-refractivity contribution in [3.05, 3.63) is 56.7 Å². The fourth-order valence-electron chi connectivity index (χ4n) is 5.56. The molecule has 1 fully saturated rings. The van der Waals surface area contributed by atoms with E-state index in [1.807, 2.05) is 24.4 Å². The molecule has 0 aliphatic carbocycles. The number of rotatable bonds is 13. The minimum absolute atomic E-state index is 0.0335. The van der Waals surface area contributed by atoms with Gasteiger partial charge in [0.25, 0.3) is 11.5 Å².